The predicted octanol–water partition coefficient (Wildman–Crippen LogP) is 3.09. The zero-order valence-electron chi connectivity index (χ0n) is 12.8. The van der Waals surface area contributed by atoms with Gasteiger partial charge in [-0.1, -0.05) is 6.07 Å². The lowest BCUT2D eigenvalue weighted by Crippen LogP contribution is -2.27. The third-order valence-electron chi connectivity index (χ3n) is 4.03. The summed E-state index contributed by atoms with van der Waals surface area (Å²) in [5.74, 6) is 2.00. The van der Waals surface area contributed by atoms with E-state index in [0.29, 0.717) is 0 Å². The third-order valence-corrected chi connectivity index (χ3v) is 4.03. The standard InChI is InChI=1S/C17H22N4/c1-3-21(12-14-8-6-7-11-18-14)17-15-9-4-5-10-16(15)19-13(2)20-17/h6-8,11H,3-5,9-10,12H2,1-2H3. The minimum Gasteiger partial charge on any atom is -0.351 e. The second-order valence-electron chi connectivity index (χ2n) is 5.56. The van der Waals surface area contributed by atoms with E-state index in [0.717, 1.165) is 43.3 Å². The molecule has 1 aliphatic rings. The van der Waals surface area contributed by atoms with Gasteiger partial charge in [0.25, 0.3) is 0 Å². The van der Waals surface area contributed by atoms with Gasteiger partial charge in [0.05, 0.1) is 12.2 Å². The predicted molar refractivity (Wildman–Crippen MR) is 84.4 cm³/mol. The molecule has 0 bridgehead atoms. The second-order valence-corrected chi connectivity index (χ2v) is 5.56. The average Bonchev–Trinajstić information content (AvgIpc) is 2.53. The van der Waals surface area contributed by atoms with Crippen molar-refractivity contribution in [3.05, 3.63) is 47.2 Å². The van der Waals surface area contributed by atoms with Gasteiger partial charge in [0, 0.05) is 24.0 Å². The van der Waals surface area contributed by atoms with E-state index in [1.807, 2.05) is 25.3 Å². The van der Waals surface area contributed by atoms with Gasteiger partial charge in [-0.3, -0.25) is 4.98 Å². The van der Waals surface area contributed by atoms with E-state index in [1.54, 1.807) is 0 Å². The van der Waals surface area contributed by atoms with Crippen molar-refractivity contribution in [1.29, 1.82) is 0 Å². The Morgan fingerprint density at radius 3 is 2.76 bits per heavy atom. The van der Waals surface area contributed by atoms with Crippen LogP contribution in [0.2, 0.25) is 0 Å². The summed E-state index contributed by atoms with van der Waals surface area (Å²) >= 11 is 0. The second kappa shape index (κ2) is 6.20. The Kier molecular flexibility index (Phi) is 4.13. The van der Waals surface area contributed by atoms with Crippen molar-refractivity contribution in [2.45, 2.75) is 46.1 Å². The summed E-state index contributed by atoms with van der Waals surface area (Å²) in [6, 6.07) is 6.07. The Bertz CT molecular complexity index is 610. The molecule has 110 valence electrons. The van der Waals surface area contributed by atoms with E-state index in [4.69, 9.17) is 4.98 Å². The lowest BCUT2D eigenvalue weighted by Gasteiger charge is -2.27. The fourth-order valence-corrected chi connectivity index (χ4v) is 2.98. The molecule has 2 aromatic rings. The number of fused-ring (bicyclic) bond motifs is 1. The Morgan fingerprint density at radius 1 is 1.14 bits per heavy atom. The molecule has 4 heteroatoms. The zero-order chi connectivity index (χ0) is 14.7. The summed E-state index contributed by atoms with van der Waals surface area (Å²) in [6.07, 6.45) is 6.53. The summed E-state index contributed by atoms with van der Waals surface area (Å²) in [7, 11) is 0. The largest absolute Gasteiger partial charge is 0.351 e. The molecule has 0 N–H and O–H groups in total. The molecular formula is C17H22N4. The summed E-state index contributed by atoms with van der Waals surface area (Å²) < 4.78 is 0. The SMILES string of the molecule is CCN(Cc1ccccn1)c1nc(C)nc2c1CCCC2. The highest BCUT2D eigenvalue weighted by Crippen LogP contribution is 2.28. The normalized spacial score (nSPS) is 13.8. The highest BCUT2D eigenvalue weighted by atomic mass is 15.2. The van der Waals surface area contributed by atoms with Gasteiger partial charge in [-0.25, -0.2) is 9.97 Å². The summed E-state index contributed by atoms with van der Waals surface area (Å²) in [5, 5.41) is 0. The number of hydrogen-bond acceptors (Lipinski definition) is 4. The molecule has 2 heterocycles. The van der Waals surface area contributed by atoms with Gasteiger partial charge < -0.3 is 4.90 Å². The number of rotatable bonds is 4. The van der Waals surface area contributed by atoms with E-state index in [2.05, 4.69) is 27.9 Å². The number of pyridine rings is 1. The van der Waals surface area contributed by atoms with Crippen LogP contribution in [-0.2, 0) is 19.4 Å². The van der Waals surface area contributed by atoms with Gasteiger partial charge in [-0.2, -0.15) is 0 Å². The molecular weight excluding hydrogens is 260 g/mol. The number of anilines is 1. The van der Waals surface area contributed by atoms with Crippen LogP contribution in [0.4, 0.5) is 5.82 Å². The van der Waals surface area contributed by atoms with Gasteiger partial charge in [-0.15, -0.1) is 0 Å². The van der Waals surface area contributed by atoms with Gasteiger partial charge >= 0.3 is 0 Å². The maximum absolute atomic E-state index is 4.74. The van der Waals surface area contributed by atoms with Crippen molar-refractivity contribution in [2.24, 2.45) is 0 Å². The number of aryl methyl sites for hydroxylation is 2. The van der Waals surface area contributed by atoms with Crippen LogP contribution in [0.5, 0.6) is 0 Å². The van der Waals surface area contributed by atoms with Crippen LogP contribution < -0.4 is 4.90 Å². The van der Waals surface area contributed by atoms with E-state index in [1.165, 1.54) is 24.1 Å². The first-order chi connectivity index (χ1) is 10.3. The van der Waals surface area contributed by atoms with Crippen molar-refractivity contribution in [3.63, 3.8) is 0 Å². The zero-order valence-corrected chi connectivity index (χ0v) is 12.8. The third kappa shape index (κ3) is 3.04. The summed E-state index contributed by atoms with van der Waals surface area (Å²) in [5.41, 5.74) is 3.69. The summed E-state index contributed by atoms with van der Waals surface area (Å²) in [4.78, 5) is 16.1. The van der Waals surface area contributed by atoms with E-state index < -0.39 is 0 Å². The highest BCUT2D eigenvalue weighted by molar-refractivity contribution is 5.50. The van der Waals surface area contributed by atoms with Gasteiger partial charge in [0.15, 0.2) is 0 Å². The summed E-state index contributed by atoms with van der Waals surface area (Å²) in [6.45, 7) is 5.91. The molecule has 0 aliphatic heterocycles. The maximum Gasteiger partial charge on any atom is 0.136 e. The molecule has 0 atom stereocenters. The van der Waals surface area contributed by atoms with E-state index >= 15 is 0 Å². The van der Waals surface area contributed by atoms with Crippen LogP contribution in [0.15, 0.2) is 24.4 Å². The topological polar surface area (TPSA) is 41.9 Å². The quantitative estimate of drug-likeness (QED) is 0.864. The van der Waals surface area contributed by atoms with Crippen LogP contribution in [-0.4, -0.2) is 21.5 Å². The molecule has 0 saturated heterocycles. The van der Waals surface area contributed by atoms with Gasteiger partial charge in [-0.05, 0) is 51.7 Å². The number of hydrogen-bond donors (Lipinski definition) is 0. The first kappa shape index (κ1) is 14.0. The Hall–Kier alpha value is -1.97. The Labute approximate surface area is 126 Å². The fraction of sp³-hybridized carbons (Fsp3) is 0.471. The molecule has 0 radical (unpaired) electrons. The van der Waals surface area contributed by atoms with E-state index in [-0.39, 0.29) is 0 Å². The first-order valence-corrected chi connectivity index (χ1v) is 7.79. The molecule has 0 saturated carbocycles. The van der Waals surface area contributed by atoms with Crippen molar-refractivity contribution in [2.75, 3.05) is 11.4 Å². The Balaban J connectivity index is 1.95. The molecule has 4 nitrogen and oxygen atoms in total. The van der Waals surface area contributed by atoms with Gasteiger partial charge in [0.2, 0.25) is 0 Å². The minimum atomic E-state index is 0.806. The number of aromatic nitrogens is 3. The van der Waals surface area contributed by atoms with Crippen molar-refractivity contribution in [1.82, 2.24) is 15.0 Å². The van der Waals surface area contributed by atoms with Crippen LogP contribution >= 0.6 is 0 Å². The smallest absolute Gasteiger partial charge is 0.136 e. The van der Waals surface area contributed by atoms with Crippen molar-refractivity contribution < 1.29 is 0 Å². The van der Waals surface area contributed by atoms with Gasteiger partial charge in [0.1, 0.15) is 11.6 Å². The molecule has 0 spiro atoms. The van der Waals surface area contributed by atoms with Crippen molar-refractivity contribution >= 4 is 5.82 Å². The molecule has 0 amide bonds. The molecule has 0 fully saturated rings. The lowest BCUT2D eigenvalue weighted by molar-refractivity contribution is 0.649. The molecule has 0 unspecified atom stereocenters. The molecule has 21 heavy (non-hydrogen) atoms. The fourth-order valence-electron chi connectivity index (χ4n) is 2.98. The highest BCUT2D eigenvalue weighted by Gasteiger charge is 2.20. The molecule has 1 aliphatic carbocycles. The van der Waals surface area contributed by atoms with Crippen LogP contribution in [0.25, 0.3) is 0 Å². The van der Waals surface area contributed by atoms with E-state index in [9.17, 15) is 0 Å². The monoisotopic (exact) mass is 282 g/mol. The van der Waals surface area contributed by atoms with Crippen LogP contribution in [0, 0.1) is 6.92 Å². The number of nitrogens with zero attached hydrogens (tertiary/aromatic N) is 4. The molecule has 2 aromatic heterocycles. The molecule has 3 rings (SSSR count). The average molecular weight is 282 g/mol. The Morgan fingerprint density at radius 2 is 2.00 bits per heavy atom. The van der Waals surface area contributed by atoms with Crippen LogP contribution in [0.3, 0.4) is 0 Å². The molecule has 0 aromatic carbocycles. The lowest BCUT2D eigenvalue weighted by atomic mass is 9.96. The maximum atomic E-state index is 4.74. The van der Waals surface area contributed by atoms with Crippen LogP contribution in [0.1, 0.15) is 42.5 Å². The van der Waals surface area contributed by atoms with Crippen molar-refractivity contribution in [3.8, 4) is 0 Å². The minimum absolute atomic E-state index is 0.806. The first-order valence-electron chi connectivity index (χ1n) is 7.79.